The van der Waals surface area contributed by atoms with Crippen molar-refractivity contribution in [3.63, 3.8) is 0 Å². The minimum absolute atomic E-state index is 0.384. The number of hydrogen-bond acceptors (Lipinski definition) is 1. The summed E-state index contributed by atoms with van der Waals surface area (Å²) in [5.41, 5.74) is 7.74. The monoisotopic (exact) mass is 219 g/mol. The van der Waals surface area contributed by atoms with Crippen LogP contribution in [0.5, 0.6) is 0 Å². The maximum absolute atomic E-state index is 5.91. The largest absolute Gasteiger partial charge is 0.330 e. The zero-order valence-corrected chi connectivity index (χ0v) is 10.7. The van der Waals surface area contributed by atoms with Crippen LogP contribution >= 0.6 is 0 Å². The molecule has 0 fully saturated rings. The van der Waals surface area contributed by atoms with Crippen molar-refractivity contribution in [3.05, 3.63) is 35.9 Å². The molecule has 0 aliphatic rings. The molecule has 0 aliphatic heterocycles. The molecule has 16 heavy (non-hydrogen) atoms. The van der Waals surface area contributed by atoms with Crippen LogP contribution in [0.25, 0.3) is 0 Å². The second-order valence-electron chi connectivity index (χ2n) is 4.75. The lowest BCUT2D eigenvalue weighted by molar-refractivity contribution is 0.244. The Balaban J connectivity index is 2.39. The van der Waals surface area contributed by atoms with E-state index in [9.17, 15) is 0 Å². The summed E-state index contributed by atoms with van der Waals surface area (Å²) in [6.45, 7) is 5.35. The zero-order valence-electron chi connectivity index (χ0n) is 10.7. The van der Waals surface area contributed by atoms with Gasteiger partial charge in [0, 0.05) is 0 Å². The summed E-state index contributed by atoms with van der Waals surface area (Å²) < 4.78 is 0. The van der Waals surface area contributed by atoms with Gasteiger partial charge in [-0.2, -0.15) is 0 Å². The van der Waals surface area contributed by atoms with E-state index in [-0.39, 0.29) is 0 Å². The van der Waals surface area contributed by atoms with Gasteiger partial charge >= 0.3 is 0 Å². The Labute approximate surface area is 100 Å². The summed E-state index contributed by atoms with van der Waals surface area (Å²) in [6.07, 6.45) is 6.10. The maximum Gasteiger partial charge on any atom is -0.00207 e. The fourth-order valence-corrected chi connectivity index (χ4v) is 2.31. The van der Waals surface area contributed by atoms with Crippen LogP contribution in [0.3, 0.4) is 0 Å². The Kier molecular flexibility index (Phi) is 5.54. The lowest BCUT2D eigenvalue weighted by Crippen LogP contribution is -2.29. The van der Waals surface area contributed by atoms with Gasteiger partial charge in [-0.1, -0.05) is 44.2 Å². The first-order valence-electron chi connectivity index (χ1n) is 6.50. The third-order valence-electron chi connectivity index (χ3n) is 3.95. The van der Waals surface area contributed by atoms with E-state index in [0.717, 1.165) is 6.54 Å². The van der Waals surface area contributed by atoms with Crippen LogP contribution in [0.15, 0.2) is 30.3 Å². The van der Waals surface area contributed by atoms with E-state index in [2.05, 4.69) is 44.2 Å². The number of nitrogens with two attached hydrogens (primary N) is 1. The van der Waals surface area contributed by atoms with Crippen molar-refractivity contribution in [2.75, 3.05) is 6.54 Å². The summed E-state index contributed by atoms with van der Waals surface area (Å²) in [5.74, 6) is 0. The standard InChI is InChI=1S/C15H25N/c1-3-15(4-2,13-16)12-8-11-14-9-6-5-7-10-14/h5-7,9-10H,3-4,8,11-13,16H2,1-2H3. The molecule has 0 heterocycles. The molecule has 0 atom stereocenters. The molecule has 1 aromatic carbocycles. The van der Waals surface area contributed by atoms with Crippen molar-refractivity contribution in [2.45, 2.75) is 46.0 Å². The highest BCUT2D eigenvalue weighted by atomic mass is 14.6. The van der Waals surface area contributed by atoms with Gasteiger partial charge in [0.2, 0.25) is 0 Å². The molecule has 1 heteroatoms. The predicted octanol–water partition coefficient (Wildman–Crippen LogP) is 3.77. The molecule has 0 saturated heterocycles. The molecule has 0 amide bonds. The minimum Gasteiger partial charge on any atom is -0.330 e. The molecule has 0 aliphatic carbocycles. The normalized spacial score (nSPS) is 11.7. The van der Waals surface area contributed by atoms with E-state index in [1.807, 2.05) is 0 Å². The first kappa shape index (κ1) is 13.2. The van der Waals surface area contributed by atoms with Gasteiger partial charge in [-0.3, -0.25) is 0 Å². The van der Waals surface area contributed by atoms with Gasteiger partial charge in [0.05, 0.1) is 0 Å². The molecule has 0 bridgehead atoms. The van der Waals surface area contributed by atoms with E-state index in [1.54, 1.807) is 0 Å². The highest BCUT2D eigenvalue weighted by molar-refractivity contribution is 5.14. The third kappa shape index (κ3) is 3.64. The second kappa shape index (κ2) is 6.70. The van der Waals surface area contributed by atoms with Gasteiger partial charge in [0.25, 0.3) is 0 Å². The molecule has 2 N–H and O–H groups in total. The van der Waals surface area contributed by atoms with Gasteiger partial charge in [-0.05, 0) is 49.6 Å². The zero-order chi connectivity index (χ0) is 11.9. The third-order valence-corrected chi connectivity index (χ3v) is 3.95. The van der Waals surface area contributed by atoms with Gasteiger partial charge < -0.3 is 5.73 Å². The number of hydrogen-bond donors (Lipinski definition) is 1. The predicted molar refractivity (Wildman–Crippen MR) is 71.4 cm³/mol. The summed E-state index contributed by atoms with van der Waals surface area (Å²) in [7, 11) is 0. The van der Waals surface area contributed by atoms with Crippen molar-refractivity contribution in [1.82, 2.24) is 0 Å². The molecule has 0 aromatic heterocycles. The van der Waals surface area contributed by atoms with Crippen LogP contribution in [-0.2, 0) is 6.42 Å². The van der Waals surface area contributed by atoms with E-state index in [0.29, 0.717) is 5.41 Å². The molecule has 0 radical (unpaired) electrons. The summed E-state index contributed by atoms with van der Waals surface area (Å²) in [6, 6.07) is 10.7. The minimum atomic E-state index is 0.384. The fourth-order valence-electron chi connectivity index (χ4n) is 2.31. The molecule has 90 valence electrons. The van der Waals surface area contributed by atoms with Crippen LogP contribution in [0, 0.1) is 5.41 Å². The van der Waals surface area contributed by atoms with Crippen LogP contribution < -0.4 is 5.73 Å². The molecule has 1 rings (SSSR count). The highest BCUT2D eigenvalue weighted by Crippen LogP contribution is 2.31. The first-order valence-corrected chi connectivity index (χ1v) is 6.50. The average molecular weight is 219 g/mol. The van der Waals surface area contributed by atoms with E-state index in [4.69, 9.17) is 5.73 Å². The number of rotatable bonds is 7. The van der Waals surface area contributed by atoms with E-state index < -0.39 is 0 Å². The van der Waals surface area contributed by atoms with Crippen LogP contribution in [0.1, 0.15) is 45.1 Å². The van der Waals surface area contributed by atoms with Crippen LogP contribution in [0.2, 0.25) is 0 Å². The quantitative estimate of drug-likeness (QED) is 0.742. The molecular formula is C15H25N. The lowest BCUT2D eigenvalue weighted by atomic mass is 9.78. The maximum atomic E-state index is 5.91. The van der Waals surface area contributed by atoms with Gasteiger partial charge in [0.1, 0.15) is 0 Å². The van der Waals surface area contributed by atoms with Crippen LogP contribution in [0.4, 0.5) is 0 Å². The Morgan fingerprint density at radius 2 is 1.69 bits per heavy atom. The second-order valence-corrected chi connectivity index (χ2v) is 4.75. The Hall–Kier alpha value is -0.820. The van der Waals surface area contributed by atoms with E-state index in [1.165, 1.54) is 37.7 Å². The fraction of sp³-hybridized carbons (Fsp3) is 0.600. The first-order chi connectivity index (χ1) is 7.76. The number of aryl methyl sites for hydroxylation is 1. The van der Waals surface area contributed by atoms with Crippen molar-refractivity contribution in [2.24, 2.45) is 11.1 Å². The Bertz CT molecular complexity index is 266. The molecule has 1 aromatic rings. The summed E-state index contributed by atoms with van der Waals surface area (Å²) in [5, 5.41) is 0. The number of benzene rings is 1. The molecule has 0 saturated carbocycles. The highest BCUT2D eigenvalue weighted by Gasteiger charge is 2.23. The lowest BCUT2D eigenvalue weighted by Gasteiger charge is -2.30. The molecule has 1 nitrogen and oxygen atoms in total. The van der Waals surface area contributed by atoms with Crippen molar-refractivity contribution < 1.29 is 0 Å². The molecule has 0 unspecified atom stereocenters. The van der Waals surface area contributed by atoms with Crippen molar-refractivity contribution in [3.8, 4) is 0 Å². The van der Waals surface area contributed by atoms with Gasteiger partial charge in [-0.15, -0.1) is 0 Å². The van der Waals surface area contributed by atoms with Crippen molar-refractivity contribution in [1.29, 1.82) is 0 Å². The SMILES string of the molecule is CCC(CC)(CN)CCCc1ccccc1. The summed E-state index contributed by atoms with van der Waals surface area (Å²) >= 11 is 0. The van der Waals surface area contributed by atoms with Crippen molar-refractivity contribution >= 4 is 0 Å². The Morgan fingerprint density at radius 1 is 1.06 bits per heavy atom. The summed E-state index contributed by atoms with van der Waals surface area (Å²) in [4.78, 5) is 0. The van der Waals surface area contributed by atoms with E-state index >= 15 is 0 Å². The Morgan fingerprint density at radius 3 is 2.19 bits per heavy atom. The smallest absolute Gasteiger partial charge is 0.00207 e. The van der Waals surface area contributed by atoms with Crippen LogP contribution in [-0.4, -0.2) is 6.54 Å². The van der Waals surface area contributed by atoms with Gasteiger partial charge in [-0.25, -0.2) is 0 Å². The molecule has 0 spiro atoms. The van der Waals surface area contributed by atoms with Gasteiger partial charge in [0.15, 0.2) is 0 Å². The molecular weight excluding hydrogens is 194 g/mol. The topological polar surface area (TPSA) is 26.0 Å². The average Bonchev–Trinajstić information content (AvgIpc) is 2.37.